The summed E-state index contributed by atoms with van der Waals surface area (Å²) in [5.74, 6) is 0.211. The molecular formula is C15H31NO2. The van der Waals surface area contributed by atoms with E-state index in [-0.39, 0.29) is 5.91 Å². The van der Waals surface area contributed by atoms with Crippen molar-refractivity contribution in [2.75, 3.05) is 26.3 Å². The van der Waals surface area contributed by atoms with Crippen LogP contribution in [0.3, 0.4) is 0 Å². The van der Waals surface area contributed by atoms with Gasteiger partial charge in [-0.05, 0) is 20.3 Å². The van der Waals surface area contributed by atoms with Crippen LogP contribution < -0.4 is 0 Å². The van der Waals surface area contributed by atoms with Gasteiger partial charge in [0.15, 0.2) is 0 Å². The lowest BCUT2D eigenvalue weighted by atomic mass is 10.1. The van der Waals surface area contributed by atoms with E-state index in [2.05, 4.69) is 6.92 Å². The molecule has 0 saturated carbocycles. The summed E-state index contributed by atoms with van der Waals surface area (Å²) < 4.78 is 5.50. The van der Waals surface area contributed by atoms with Crippen LogP contribution in [0.1, 0.15) is 65.7 Å². The Morgan fingerprint density at radius 1 is 0.889 bits per heavy atom. The van der Waals surface area contributed by atoms with Crippen LogP contribution in [0.4, 0.5) is 0 Å². The SMILES string of the molecule is CCCCCCCCOCCC(=O)N(CC)CC. The molecule has 108 valence electrons. The molecule has 0 aliphatic heterocycles. The normalized spacial score (nSPS) is 10.6. The molecule has 0 fully saturated rings. The monoisotopic (exact) mass is 257 g/mol. The van der Waals surface area contributed by atoms with Crippen LogP contribution >= 0.6 is 0 Å². The van der Waals surface area contributed by atoms with Crippen molar-refractivity contribution < 1.29 is 9.53 Å². The fourth-order valence-electron chi connectivity index (χ4n) is 1.98. The average Bonchev–Trinajstić information content (AvgIpc) is 2.38. The molecular weight excluding hydrogens is 226 g/mol. The van der Waals surface area contributed by atoms with Gasteiger partial charge in [-0.3, -0.25) is 4.79 Å². The molecule has 0 bridgehead atoms. The molecule has 0 aliphatic carbocycles. The highest BCUT2D eigenvalue weighted by Gasteiger charge is 2.08. The van der Waals surface area contributed by atoms with E-state index in [9.17, 15) is 4.79 Å². The van der Waals surface area contributed by atoms with Crippen molar-refractivity contribution in [3.63, 3.8) is 0 Å². The summed E-state index contributed by atoms with van der Waals surface area (Å²) >= 11 is 0. The van der Waals surface area contributed by atoms with E-state index < -0.39 is 0 Å². The Hall–Kier alpha value is -0.570. The van der Waals surface area contributed by atoms with E-state index in [4.69, 9.17) is 4.74 Å². The van der Waals surface area contributed by atoms with E-state index in [1.54, 1.807) is 0 Å². The third-order valence-corrected chi connectivity index (χ3v) is 3.22. The van der Waals surface area contributed by atoms with E-state index in [1.165, 1.54) is 32.1 Å². The average molecular weight is 257 g/mol. The Labute approximate surface area is 113 Å². The minimum atomic E-state index is 0.211. The quantitative estimate of drug-likeness (QED) is 0.500. The van der Waals surface area contributed by atoms with Crippen LogP contribution in [0.5, 0.6) is 0 Å². The number of unbranched alkanes of at least 4 members (excludes halogenated alkanes) is 5. The molecule has 0 atom stereocenters. The minimum Gasteiger partial charge on any atom is -0.381 e. The molecule has 0 aliphatic rings. The number of amides is 1. The highest BCUT2D eigenvalue weighted by molar-refractivity contribution is 5.76. The largest absolute Gasteiger partial charge is 0.381 e. The fourth-order valence-corrected chi connectivity index (χ4v) is 1.98. The summed E-state index contributed by atoms with van der Waals surface area (Å²) in [6.07, 6.45) is 8.21. The van der Waals surface area contributed by atoms with Gasteiger partial charge < -0.3 is 9.64 Å². The number of rotatable bonds is 12. The third kappa shape index (κ3) is 9.46. The van der Waals surface area contributed by atoms with Crippen molar-refractivity contribution in [1.82, 2.24) is 4.90 Å². The molecule has 3 nitrogen and oxygen atoms in total. The van der Waals surface area contributed by atoms with E-state index in [0.717, 1.165) is 26.1 Å². The number of carbonyl (C=O) groups excluding carboxylic acids is 1. The standard InChI is InChI=1S/C15H31NO2/c1-4-7-8-9-10-11-13-18-14-12-15(17)16(5-2)6-3/h4-14H2,1-3H3. The summed E-state index contributed by atoms with van der Waals surface area (Å²) in [5.41, 5.74) is 0. The lowest BCUT2D eigenvalue weighted by Crippen LogP contribution is -2.31. The van der Waals surface area contributed by atoms with Gasteiger partial charge in [0.25, 0.3) is 0 Å². The second-order valence-electron chi connectivity index (χ2n) is 4.70. The van der Waals surface area contributed by atoms with Crippen molar-refractivity contribution in [3.05, 3.63) is 0 Å². The molecule has 3 heteroatoms. The Morgan fingerprint density at radius 3 is 2.11 bits per heavy atom. The van der Waals surface area contributed by atoms with Gasteiger partial charge in [0, 0.05) is 19.7 Å². The van der Waals surface area contributed by atoms with Gasteiger partial charge in [0.2, 0.25) is 5.91 Å². The van der Waals surface area contributed by atoms with Gasteiger partial charge >= 0.3 is 0 Å². The molecule has 0 N–H and O–H groups in total. The van der Waals surface area contributed by atoms with E-state index in [1.807, 2.05) is 18.7 Å². The number of hydrogen-bond donors (Lipinski definition) is 0. The second-order valence-corrected chi connectivity index (χ2v) is 4.70. The van der Waals surface area contributed by atoms with Gasteiger partial charge in [-0.1, -0.05) is 39.0 Å². The highest BCUT2D eigenvalue weighted by atomic mass is 16.5. The molecule has 0 aromatic heterocycles. The van der Waals surface area contributed by atoms with Gasteiger partial charge in [0.1, 0.15) is 0 Å². The zero-order chi connectivity index (χ0) is 13.6. The Balaban J connectivity index is 3.27. The van der Waals surface area contributed by atoms with Crippen molar-refractivity contribution in [2.45, 2.75) is 65.7 Å². The Bertz CT molecular complexity index is 191. The van der Waals surface area contributed by atoms with E-state index >= 15 is 0 Å². The molecule has 0 rings (SSSR count). The first-order valence-corrected chi connectivity index (χ1v) is 7.61. The first kappa shape index (κ1) is 17.4. The topological polar surface area (TPSA) is 29.5 Å². The summed E-state index contributed by atoms with van der Waals surface area (Å²) in [5, 5.41) is 0. The van der Waals surface area contributed by atoms with Crippen molar-refractivity contribution in [2.24, 2.45) is 0 Å². The van der Waals surface area contributed by atoms with Gasteiger partial charge in [-0.2, -0.15) is 0 Å². The lowest BCUT2D eigenvalue weighted by molar-refractivity contribution is -0.131. The molecule has 1 amide bonds. The molecule has 0 spiro atoms. The van der Waals surface area contributed by atoms with Crippen LogP contribution in [0, 0.1) is 0 Å². The molecule has 0 saturated heterocycles. The lowest BCUT2D eigenvalue weighted by Gasteiger charge is -2.18. The molecule has 18 heavy (non-hydrogen) atoms. The molecule has 0 unspecified atom stereocenters. The number of hydrogen-bond acceptors (Lipinski definition) is 2. The van der Waals surface area contributed by atoms with E-state index in [0.29, 0.717) is 13.0 Å². The molecule has 0 aromatic carbocycles. The smallest absolute Gasteiger partial charge is 0.224 e. The third-order valence-electron chi connectivity index (χ3n) is 3.22. The maximum Gasteiger partial charge on any atom is 0.224 e. The van der Waals surface area contributed by atoms with Crippen LogP contribution in [0.2, 0.25) is 0 Å². The van der Waals surface area contributed by atoms with Gasteiger partial charge in [-0.25, -0.2) is 0 Å². The van der Waals surface area contributed by atoms with Crippen molar-refractivity contribution >= 4 is 5.91 Å². The summed E-state index contributed by atoms with van der Waals surface area (Å²) in [6.45, 7) is 9.23. The summed E-state index contributed by atoms with van der Waals surface area (Å²) in [6, 6.07) is 0. The molecule has 0 aromatic rings. The number of ether oxygens (including phenoxy) is 1. The van der Waals surface area contributed by atoms with Crippen molar-refractivity contribution in [3.8, 4) is 0 Å². The maximum atomic E-state index is 11.7. The number of carbonyl (C=O) groups is 1. The van der Waals surface area contributed by atoms with Crippen molar-refractivity contribution in [1.29, 1.82) is 0 Å². The zero-order valence-corrected chi connectivity index (χ0v) is 12.5. The first-order chi connectivity index (χ1) is 8.76. The molecule has 0 heterocycles. The Morgan fingerprint density at radius 2 is 1.50 bits per heavy atom. The minimum absolute atomic E-state index is 0.211. The van der Waals surface area contributed by atoms with Crippen LogP contribution in [0.15, 0.2) is 0 Å². The fraction of sp³-hybridized carbons (Fsp3) is 0.933. The maximum absolute atomic E-state index is 11.7. The summed E-state index contributed by atoms with van der Waals surface area (Å²) in [7, 11) is 0. The first-order valence-electron chi connectivity index (χ1n) is 7.61. The van der Waals surface area contributed by atoms with Gasteiger partial charge in [0.05, 0.1) is 13.0 Å². The Kier molecular flexibility index (Phi) is 12.5. The van der Waals surface area contributed by atoms with Crippen LogP contribution in [0.25, 0.3) is 0 Å². The zero-order valence-electron chi connectivity index (χ0n) is 12.5. The van der Waals surface area contributed by atoms with Crippen LogP contribution in [-0.4, -0.2) is 37.1 Å². The second kappa shape index (κ2) is 12.9. The summed E-state index contributed by atoms with van der Waals surface area (Å²) in [4.78, 5) is 13.5. The van der Waals surface area contributed by atoms with Gasteiger partial charge in [-0.15, -0.1) is 0 Å². The predicted molar refractivity (Wildman–Crippen MR) is 76.7 cm³/mol. The highest BCUT2D eigenvalue weighted by Crippen LogP contribution is 2.05. The predicted octanol–water partition coefficient (Wildman–Crippen LogP) is 3.62. The van der Waals surface area contributed by atoms with Crippen LogP contribution in [-0.2, 0) is 9.53 Å². The number of nitrogens with zero attached hydrogens (tertiary/aromatic N) is 1. The molecule has 0 radical (unpaired) electrons.